The van der Waals surface area contributed by atoms with Gasteiger partial charge in [0.25, 0.3) is 15.6 Å². The average Bonchev–Trinajstić information content (AvgIpc) is 3.23. The van der Waals surface area contributed by atoms with E-state index >= 15 is 0 Å². The molecule has 14 heteroatoms. The number of fused-ring (bicyclic) bond motifs is 1. The number of benzene rings is 1. The van der Waals surface area contributed by atoms with E-state index in [1.807, 2.05) is 0 Å². The molecule has 2 heterocycles. The molecule has 1 amide bonds. The van der Waals surface area contributed by atoms with E-state index in [4.69, 9.17) is 9.47 Å². The summed E-state index contributed by atoms with van der Waals surface area (Å²) < 4.78 is 75.6. The molecule has 0 radical (unpaired) electrons. The van der Waals surface area contributed by atoms with Gasteiger partial charge in [-0.05, 0) is 37.0 Å². The lowest BCUT2D eigenvalue weighted by Gasteiger charge is -2.22. The van der Waals surface area contributed by atoms with Gasteiger partial charge >= 0.3 is 18.0 Å². The van der Waals surface area contributed by atoms with Gasteiger partial charge in [0.1, 0.15) is 0 Å². The molecule has 1 saturated heterocycles. The van der Waals surface area contributed by atoms with Crippen LogP contribution in [0.2, 0.25) is 0 Å². The van der Waals surface area contributed by atoms with E-state index in [2.05, 4.69) is 4.98 Å². The topological polar surface area (TPSA) is 128 Å². The number of alkyl halides is 3. The standard InChI is InChI=1S/C19H22F3N3O7S/c1-3-4-7-32-18(28)25(33(2,29)30)24-16(26)12-9-11(15-6-5-8-31-15)13(19(20,21)22)10-14(12)23-17(24)27/h9-10,15H,3-8H2,1-2H3,(H,23,27)/t15-/m1/s1. The van der Waals surface area contributed by atoms with Gasteiger partial charge in [-0.15, -0.1) is 4.68 Å². The molecule has 0 aliphatic carbocycles. The molecule has 3 rings (SSSR count). The number of rotatable bonds is 6. The lowest BCUT2D eigenvalue weighted by molar-refractivity contribution is -0.139. The highest BCUT2D eigenvalue weighted by Crippen LogP contribution is 2.40. The van der Waals surface area contributed by atoms with Crippen LogP contribution >= 0.6 is 0 Å². The molecular formula is C19H22F3N3O7S. The number of aromatic nitrogens is 2. The number of halogens is 3. The van der Waals surface area contributed by atoms with Crippen molar-refractivity contribution in [2.45, 2.75) is 44.9 Å². The molecule has 1 aliphatic rings. The normalized spacial score (nSPS) is 16.8. The van der Waals surface area contributed by atoms with Crippen LogP contribution in [-0.2, 0) is 25.7 Å². The minimum Gasteiger partial charge on any atom is -0.447 e. The predicted molar refractivity (Wildman–Crippen MR) is 111 cm³/mol. The number of sulfonamides is 1. The summed E-state index contributed by atoms with van der Waals surface area (Å²) in [5.41, 5.74) is -4.61. The molecule has 2 aromatic rings. The molecule has 0 bridgehead atoms. The second-order valence-corrected chi connectivity index (χ2v) is 9.32. The lowest BCUT2D eigenvalue weighted by Crippen LogP contribution is -2.56. The summed E-state index contributed by atoms with van der Waals surface area (Å²) in [6.07, 6.45) is -4.84. The number of H-pyrrole nitrogens is 1. The van der Waals surface area contributed by atoms with Gasteiger partial charge in [-0.3, -0.25) is 4.79 Å². The number of amides is 1. The Kier molecular flexibility index (Phi) is 6.88. The van der Waals surface area contributed by atoms with Gasteiger partial charge in [0, 0.05) is 6.61 Å². The van der Waals surface area contributed by atoms with Crippen molar-refractivity contribution in [3.05, 3.63) is 44.1 Å². The van der Waals surface area contributed by atoms with Crippen molar-refractivity contribution < 1.29 is 35.9 Å². The fraction of sp³-hybridized carbons (Fsp3) is 0.526. The maximum atomic E-state index is 13.7. The van der Waals surface area contributed by atoms with E-state index in [1.165, 1.54) is 0 Å². The molecule has 33 heavy (non-hydrogen) atoms. The van der Waals surface area contributed by atoms with Crippen molar-refractivity contribution in [1.29, 1.82) is 0 Å². The molecule has 1 fully saturated rings. The fourth-order valence-corrected chi connectivity index (χ4v) is 4.26. The number of hydrogen-bond donors (Lipinski definition) is 1. The third-order valence-corrected chi connectivity index (χ3v) is 5.94. The highest BCUT2D eigenvalue weighted by molar-refractivity contribution is 7.92. The number of ether oxygens (including phenoxy) is 2. The van der Waals surface area contributed by atoms with Crippen LogP contribution in [0.15, 0.2) is 21.7 Å². The predicted octanol–water partition coefficient (Wildman–Crippen LogP) is 2.39. The molecule has 0 unspecified atom stereocenters. The van der Waals surface area contributed by atoms with E-state index in [0.717, 1.165) is 6.07 Å². The summed E-state index contributed by atoms with van der Waals surface area (Å²) in [7, 11) is -4.53. The molecule has 1 atom stereocenters. The molecule has 10 nitrogen and oxygen atoms in total. The Balaban J connectivity index is 2.26. The number of hydrogen-bond acceptors (Lipinski definition) is 7. The van der Waals surface area contributed by atoms with Crippen LogP contribution in [0.1, 0.15) is 49.8 Å². The zero-order valence-corrected chi connectivity index (χ0v) is 18.6. The number of aromatic amines is 1. The van der Waals surface area contributed by atoms with Gasteiger partial charge in [-0.25, -0.2) is 18.0 Å². The second-order valence-electron chi connectivity index (χ2n) is 7.51. The first-order valence-electron chi connectivity index (χ1n) is 10.1. The first-order valence-corrected chi connectivity index (χ1v) is 11.9. The van der Waals surface area contributed by atoms with Gasteiger partial charge in [0.05, 0.1) is 35.4 Å². The number of unbranched alkanes of at least 4 members (excludes halogenated alkanes) is 1. The van der Waals surface area contributed by atoms with Crippen LogP contribution in [0.25, 0.3) is 10.9 Å². The highest BCUT2D eigenvalue weighted by Gasteiger charge is 2.38. The fourth-order valence-electron chi connectivity index (χ4n) is 3.50. The monoisotopic (exact) mass is 493 g/mol. The van der Waals surface area contributed by atoms with Gasteiger partial charge in [0.2, 0.25) is 0 Å². The van der Waals surface area contributed by atoms with E-state index in [-0.39, 0.29) is 34.3 Å². The zero-order chi connectivity index (χ0) is 24.6. The van der Waals surface area contributed by atoms with Crippen molar-refractivity contribution in [2.75, 3.05) is 23.9 Å². The Morgan fingerprint density at radius 3 is 2.58 bits per heavy atom. The molecule has 182 valence electrons. The second kappa shape index (κ2) is 9.17. The lowest BCUT2D eigenvalue weighted by atomic mass is 9.97. The average molecular weight is 493 g/mol. The first kappa shape index (κ1) is 24.8. The number of nitrogens with zero attached hydrogens (tertiary/aromatic N) is 2. The Morgan fingerprint density at radius 2 is 2.03 bits per heavy atom. The zero-order valence-electron chi connectivity index (χ0n) is 17.8. The molecule has 0 spiro atoms. The van der Waals surface area contributed by atoms with E-state index in [1.54, 1.807) is 6.92 Å². The maximum Gasteiger partial charge on any atom is 0.444 e. The smallest absolute Gasteiger partial charge is 0.444 e. The van der Waals surface area contributed by atoms with Crippen molar-refractivity contribution in [2.24, 2.45) is 0 Å². The van der Waals surface area contributed by atoms with Crippen LogP contribution in [0.4, 0.5) is 18.0 Å². The molecule has 1 N–H and O–H groups in total. The quantitative estimate of drug-likeness (QED) is 0.612. The Bertz CT molecular complexity index is 1280. The van der Waals surface area contributed by atoms with Crippen molar-refractivity contribution in [3.8, 4) is 0 Å². The Labute approximate surface area is 185 Å². The van der Waals surface area contributed by atoms with E-state index in [9.17, 15) is 36.0 Å². The van der Waals surface area contributed by atoms with Crippen LogP contribution in [0.3, 0.4) is 0 Å². The molecule has 1 aromatic carbocycles. The Morgan fingerprint density at radius 1 is 1.33 bits per heavy atom. The first-order chi connectivity index (χ1) is 15.4. The van der Waals surface area contributed by atoms with Crippen molar-refractivity contribution >= 4 is 27.0 Å². The summed E-state index contributed by atoms with van der Waals surface area (Å²) >= 11 is 0. The summed E-state index contributed by atoms with van der Waals surface area (Å²) in [6, 6.07) is 1.51. The highest BCUT2D eigenvalue weighted by atomic mass is 32.2. The largest absolute Gasteiger partial charge is 0.447 e. The van der Waals surface area contributed by atoms with Crippen LogP contribution in [-0.4, -0.2) is 43.6 Å². The van der Waals surface area contributed by atoms with Crippen molar-refractivity contribution in [1.82, 2.24) is 9.66 Å². The van der Waals surface area contributed by atoms with Gasteiger partial charge < -0.3 is 14.5 Å². The van der Waals surface area contributed by atoms with Gasteiger partial charge in [-0.2, -0.15) is 13.2 Å². The number of carbonyl (C=O) groups excluding carboxylic acids is 1. The van der Waals surface area contributed by atoms with Crippen LogP contribution < -0.4 is 15.7 Å². The molecule has 1 aromatic heterocycles. The SMILES string of the molecule is CCCCOC(=O)N(n1c(=O)[nH]c2cc(C(F)(F)F)c([C@H]3CCCO3)cc2c1=O)S(C)(=O)=O. The van der Waals surface area contributed by atoms with E-state index in [0.29, 0.717) is 31.6 Å². The summed E-state index contributed by atoms with van der Waals surface area (Å²) in [4.78, 5) is 40.1. The minimum absolute atomic E-state index is 0.00150. The molecular weight excluding hydrogens is 471 g/mol. The molecule has 1 aliphatic heterocycles. The third kappa shape index (κ3) is 5.05. The summed E-state index contributed by atoms with van der Waals surface area (Å²) in [5.74, 6) is 0. The van der Waals surface area contributed by atoms with E-state index < -0.39 is 56.1 Å². The number of nitrogens with one attached hydrogen (secondary N) is 1. The van der Waals surface area contributed by atoms with Gasteiger partial charge in [-0.1, -0.05) is 17.8 Å². The van der Waals surface area contributed by atoms with Crippen LogP contribution in [0.5, 0.6) is 0 Å². The summed E-state index contributed by atoms with van der Waals surface area (Å²) in [6.45, 7) is 1.86. The van der Waals surface area contributed by atoms with Crippen molar-refractivity contribution in [3.63, 3.8) is 0 Å². The third-order valence-electron chi connectivity index (χ3n) is 5.00. The van der Waals surface area contributed by atoms with Gasteiger partial charge in [0.15, 0.2) is 0 Å². The maximum absolute atomic E-state index is 13.7. The van der Waals surface area contributed by atoms with Crippen LogP contribution in [0, 0.1) is 0 Å². The number of carbonyl (C=O) groups is 1. The molecule has 0 saturated carbocycles. The Hall–Kier alpha value is -2.87. The minimum atomic E-state index is -4.80. The summed E-state index contributed by atoms with van der Waals surface area (Å²) in [5, 5.41) is -0.428.